The molecule has 0 aliphatic rings. The highest BCUT2D eigenvalue weighted by Gasteiger charge is 2.16. The lowest BCUT2D eigenvalue weighted by Crippen LogP contribution is -2.16. The molecule has 114 valence electrons. The number of hydrogen-bond acceptors (Lipinski definition) is 4. The molecular formula is C17H25N3S. The number of nitrogens with zero attached hydrogens (tertiary/aromatic N) is 2. The molecule has 3 nitrogen and oxygen atoms in total. The summed E-state index contributed by atoms with van der Waals surface area (Å²) in [5, 5.41) is 4.35. The molecule has 0 aliphatic heterocycles. The first kappa shape index (κ1) is 16.0. The van der Waals surface area contributed by atoms with Gasteiger partial charge in [0.15, 0.2) is 5.13 Å². The van der Waals surface area contributed by atoms with E-state index in [0.717, 1.165) is 18.2 Å². The highest BCUT2D eigenvalue weighted by molar-refractivity contribution is 7.15. The normalized spacial score (nSPS) is 11.1. The van der Waals surface area contributed by atoms with Crippen LogP contribution in [0.5, 0.6) is 0 Å². The second-order valence-corrected chi connectivity index (χ2v) is 6.83. The van der Waals surface area contributed by atoms with Gasteiger partial charge in [-0.3, -0.25) is 0 Å². The highest BCUT2D eigenvalue weighted by atomic mass is 32.1. The van der Waals surface area contributed by atoms with Crippen molar-refractivity contribution in [2.24, 2.45) is 0 Å². The minimum Gasteiger partial charge on any atom is -0.347 e. The lowest BCUT2D eigenvalue weighted by molar-refractivity contribution is 0.768. The van der Waals surface area contributed by atoms with Gasteiger partial charge in [-0.1, -0.05) is 38.1 Å². The Balaban J connectivity index is 2.21. The Kier molecular flexibility index (Phi) is 5.37. The minimum absolute atomic E-state index is 0.463. The van der Waals surface area contributed by atoms with Crippen LogP contribution in [0.25, 0.3) is 0 Å². The van der Waals surface area contributed by atoms with Gasteiger partial charge < -0.3 is 10.2 Å². The van der Waals surface area contributed by atoms with Gasteiger partial charge in [0.1, 0.15) is 0 Å². The molecule has 2 aromatic rings. The summed E-state index contributed by atoms with van der Waals surface area (Å²) in [4.78, 5) is 8.45. The molecule has 0 amide bonds. The monoisotopic (exact) mass is 303 g/mol. The van der Waals surface area contributed by atoms with Gasteiger partial charge in [-0.25, -0.2) is 4.98 Å². The average molecular weight is 303 g/mol. The molecule has 1 heterocycles. The largest absolute Gasteiger partial charge is 0.347 e. The lowest BCUT2D eigenvalue weighted by Gasteiger charge is -2.17. The SMILES string of the molecule is CNCc1sc(N(C)Cc2ccccc2C)nc1C(C)C. The van der Waals surface area contributed by atoms with Crippen molar-refractivity contribution in [1.82, 2.24) is 10.3 Å². The third-order valence-corrected chi connectivity index (χ3v) is 4.78. The topological polar surface area (TPSA) is 28.2 Å². The van der Waals surface area contributed by atoms with Crippen LogP contribution in [0, 0.1) is 6.92 Å². The second kappa shape index (κ2) is 7.05. The van der Waals surface area contributed by atoms with Crippen molar-refractivity contribution < 1.29 is 0 Å². The molecule has 0 atom stereocenters. The molecule has 0 aliphatic carbocycles. The molecule has 1 aromatic carbocycles. The van der Waals surface area contributed by atoms with Gasteiger partial charge in [-0.05, 0) is 31.0 Å². The third kappa shape index (κ3) is 3.83. The van der Waals surface area contributed by atoms with Gasteiger partial charge in [0.05, 0.1) is 5.69 Å². The molecule has 0 saturated carbocycles. The van der Waals surface area contributed by atoms with E-state index in [1.165, 1.54) is 21.7 Å². The Morgan fingerprint density at radius 2 is 2.00 bits per heavy atom. The highest BCUT2D eigenvalue weighted by Crippen LogP contribution is 2.31. The molecule has 1 aromatic heterocycles. The molecule has 21 heavy (non-hydrogen) atoms. The summed E-state index contributed by atoms with van der Waals surface area (Å²) in [5.74, 6) is 0.463. The maximum absolute atomic E-state index is 4.86. The molecule has 0 bridgehead atoms. The van der Waals surface area contributed by atoms with Gasteiger partial charge in [0, 0.05) is 25.0 Å². The number of rotatable bonds is 6. The van der Waals surface area contributed by atoms with E-state index in [9.17, 15) is 0 Å². The molecule has 0 saturated heterocycles. The third-order valence-electron chi connectivity index (χ3n) is 3.60. The fourth-order valence-electron chi connectivity index (χ4n) is 2.36. The van der Waals surface area contributed by atoms with Gasteiger partial charge in [0.25, 0.3) is 0 Å². The van der Waals surface area contributed by atoms with Gasteiger partial charge in [-0.15, -0.1) is 11.3 Å². The number of anilines is 1. The van der Waals surface area contributed by atoms with Crippen LogP contribution in [0.15, 0.2) is 24.3 Å². The number of aromatic nitrogens is 1. The fourth-order valence-corrected chi connectivity index (χ4v) is 3.55. The van der Waals surface area contributed by atoms with Crippen molar-refractivity contribution in [2.75, 3.05) is 19.0 Å². The molecule has 4 heteroatoms. The Hall–Kier alpha value is -1.39. The fraction of sp³-hybridized carbons (Fsp3) is 0.471. The summed E-state index contributed by atoms with van der Waals surface area (Å²) in [5.41, 5.74) is 3.91. The van der Waals surface area contributed by atoms with Crippen LogP contribution in [0.2, 0.25) is 0 Å². The predicted molar refractivity (Wildman–Crippen MR) is 92.3 cm³/mol. The first-order chi connectivity index (χ1) is 10.0. The number of aryl methyl sites for hydroxylation is 1. The Labute approximate surface area is 132 Å². The summed E-state index contributed by atoms with van der Waals surface area (Å²) in [7, 11) is 4.11. The zero-order valence-electron chi connectivity index (χ0n) is 13.6. The summed E-state index contributed by atoms with van der Waals surface area (Å²) >= 11 is 1.80. The van der Waals surface area contributed by atoms with Crippen LogP contribution in [-0.2, 0) is 13.1 Å². The van der Waals surface area contributed by atoms with Crippen molar-refractivity contribution in [2.45, 2.75) is 39.8 Å². The van der Waals surface area contributed by atoms with Gasteiger partial charge in [-0.2, -0.15) is 0 Å². The number of hydrogen-bond donors (Lipinski definition) is 1. The van der Waals surface area contributed by atoms with E-state index >= 15 is 0 Å². The summed E-state index contributed by atoms with van der Waals surface area (Å²) < 4.78 is 0. The van der Waals surface area contributed by atoms with Crippen LogP contribution in [0.3, 0.4) is 0 Å². The van der Waals surface area contributed by atoms with Crippen LogP contribution in [0.1, 0.15) is 41.5 Å². The first-order valence-electron chi connectivity index (χ1n) is 7.42. The summed E-state index contributed by atoms with van der Waals surface area (Å²) in [6.07, 6.45) is 0. The number of thiazole rings is 1. The molecule has 0 radical (unpaired) electrons. The van der Waals surface area contributed by atoms with Crippen molar-refractivity contribution >= 4 is 16.5 Å². The van der Waals surface area contributed by atoms with E-state index in [1.54, 1.807) is 11.3 Å². The van der Waals surface area contributed by atoms with Crippen molar-refractivity contribution in [1.29, 1.82) is 0 Å². The zero-order chi connectivity index (χ0) is 15.4. The molecule has 2 rings (SSSR count). The second-order valence-electron chi connectivity index (χ2n) is 5.77. The predicted octanol–water partition coefficient (Wildman–Crippen LogP) is 3.93. The quantitative estimate of drug-likeness (QED) is 0.876. The van der Waals surface area contributed by atoms with Crippen LogP contribution in [0.4, 0.5) is 5.13 Å². The van der Waals surface area contributed by atoms with E-state index in [-0.39, 0.29) is 0 Å². The number of benzene rings is 1. The van der Waals surface area contributed by atoms with E-state index in [0.29, 0.717) is 5.92 Å². The summed E-state index contributed by atoms with van der Waals surface area (Å²) in [6, 6.07) is 8.54. The smallest absolute Gasteiger partial charge is 0.185 e. The van der Waals surface area contributed by atoms with E-state index < -0.39 is 0 Å². The molecule has 0 unspecified atom stereocenters. The molecule has 0 spiro atoms. The van der Waals surface area contributed by atoms with Crippen molar-refractivity contribution in [3.8, 4) is 0 Å². The van der Waals surface area contributed by atoms with Gasteiger partial charge >= 0.3 is 0 Å². The van der Waals surface area contributed by atoms with E-state index in [4.69, 9.17) is 4.98 Å². The maximum atomic E-state index is 4.86. The first-order valence-corrected chi connectivity index (χ1v) is 8.24. The molecule has 0 fully saturated rings. The average Bonchev–Trinajstić information content (AvgIpc) is 2.86. The van der Waals surface area contributed by atoms with Crippen LogP contribution < -0.4 is 10.2 Å². The standard InChI is InChI=1S/C17H25N3S/c1-12(2)16-15(10-18-4)21-17(19-16)20(5)11-14-9-7-6-8-13(14)3/h6-9,12,18H,10-11H2,1-5H3. The Bertz CT molecular complexity index is 589. The molecule has 1 N–H and O–H groups in total. The lowest BCUT2D eigenvalue weighted by atomic mass is 10.1. The summed E-state index contributed by atoms with van der Waals surface area (Å²) in [6.45, 7) is 8.37. The van der Waals surface area contributed by atoms with Crippen molar-refractivity contribution in [3.05, 3.63) is 46.0 Å². The van der Waals surface area contributed by atoms with Crippen molar-refractivity contribution in [3.63, 3.8) is 0 Å². The van der Waals surface area contributed by atoms with Crippen LogP contribution >= 0.6 is 11.3 Å². The van der Waals surface area contributed by atoms with Gasteiger partial charge in [0.2, 0.25) is 0 Å². The maximum Gasteiger partial charge on any atom is 0.185 e. The zero-order valence-corrected chi connectivity index (χ0v) is 14.4. The molecular weight excluding hydrogens is 278 g/mol. The number of nitrogens with one attached hydrogen (secondary N) is 1. The minimum atomic E-state index is 0.463. The van der Waals surface area contributed by atoms with E-state index in [2.05, 4.69) is 62.3 Å². The Morgan fingerprint density at radius 3 is 2.62 bits per heavy atom. The van der Waals surface area contributed by atoms with Crippen LogP contribution in [-0.4, -0.2) is 19.1 Å². The van der Waals surface area contributed by atoms with E-state index in [1.807, 2.05) is 7.05 Å². The Morgan fingerprint density at radius 1 is 1.29 bits per heavy atom.